The number of pyridine rings is 1. The van der Waals surface area contributed by atoms with Crippen LogP contribution < -0.4 is 0 Å². The maximum Gasteiger partial charge on any atom is 0.244 e. The molecule has 6 heteroatoms. The molecule has 0 aliphatic heterocycles. The van der Waals surface area contributed by atoms with Crippen molar-refractivity contribution in [1.29, 1.82) is 0 Å². The van der Waals surface area contributed by atoms with Gasteiger partial charge in [-0.15, -0.1) is 0 Å². The molecule has 3 aromatic heterocycles. The van der Waals surface area contributed by atoms with Crippen LogP contribution in [0.25, 0.3) is 11.3 Å². The van der Waals surface area contributed by atoms with Gasteiger partial charge in [-0.1, -0.05) is 0 Å². The molecule has 0 atom stereocenters. The fourth-order valence-corrected chi connectivity index (χ4v) is 2.37. The summed E-state index contributed by atoms with van der Waals surface area (Å²) in [5.41, 5.74) is 1.87. The summed E-state index contributed by atoms with van der Waals surface area (Å²) >= 11 is 0. The number of likely N-dealkylation sites (N-methyl/N-ethyl adjacent to an activating group) is 1. The topological polar surface area (TPSA) is 64.2 Å². The Morgan fingerprint density at radius 1 is 1.17 bits per heavy atom. The van der Waals surface area contributed by atoms with Crippen LogP contribution >= 0.6 is 0 Å². The average Bonchev–Trinajstić information content (AvgIpc) is 3.17. The van der Waals surface area contributed by atoms with Gasteiger partial charge in [0.15, 0.2) is 0 Å². The number of furan rings is 1. The Hall–Kier alpha value is -2.89. The number of aryl methyl sites for hydroxylation is 1. The van der Waals surface area contributed by atoms with Crippen molar-refractivity contribution in [2.45, 2.75) is 20.0 Å². The lowest BCUT2D eigenvalue weighted by molar-refractivity contribution is -0.131. The van der Waals surface area contributed by atoms with Crippen LogP contribution in [0.15, 0.2) is 53.3 Å². The molecule has 3 heterocycles. The van der Waals surface area contributed by atoms with Crippen molar-refractivity contribution in [1.82, 2.24) is 19.7 Å². The van der Waals surface area contributed by atoms with Gasteiger partial charge in [0.25, 0.3) is 0 Å². The van der Waals surface area contributed by atoms with Gasteiger partial charge in [-0.25, -0.2) is 0 Å². The van der Waals surface area contributed by atoms with Gasteiger partial charge >= 0.3 is 0 Å². The van der Waals surface area contributed by atoms with Gasteiger partial charge < -0.3 is 9.32 Å². The number of rotatable bonds is 5. The zero-order chi connectivity index (χ0) is 16.2. The Bertz CT molecular complexity index is 792. The predicted molar refractivity (Wildman–Crippen MR) is 85.4 cm³/mol. The minimum Gasteiger partial charge on any atom is -0.464 e. The van der Waals surface area contributed by atoms with E-state index < -0.39 is 0 Å². The van der Waals surface area contributed by atoms with Crippen molar-refractivity contribution in [3.63, 3.8) is 0 Å². The van der Waals surface area contributed by atoms with Gasteiger partial charge in [-0.05, 0) is 37.3 Å². The smallest absolute Gasteiger partial charge is 0.244 e. The zero-order valence-corrected chi connectivity index (χ0v) is 13.1. The van der Waals surface area contributed by atoms with Crippen LogP contribution in [0.5, 0.6) is 0 Å². The molecule has 3 rings (SSSR count). The lowest BCUT2D eigenvalue weighted by atomic mass is 10.2. The number of carbonyl (C=O) groups is 1. The molecule has 0 saturated carbocycles. The molecule has 0 saturated heterocycles. The second-order valence-electron chi connectivity index (χ2n) is 5.37. The molecule has 0 fully saturated rings. The number of nitrogens with zero attached hydrogens (tertiary/aromatic N) is 4. The molecular weight excluding hydrogens is 292 g/mol. The van der Waals surface area contributed by atoms with Gasteiger partial charge in [0.1, 0.15) is 18.1 Å². The maximum absolute atomic E-state index is 12.4. The van der Waals surface area contributed by atoms with Crippen LogP contribution in [0, 0.1) is 6.92 Å². The van der Waals surface area contributed by atoms with Crippen LogP contribution in [0.4, 0.5) is 0 Å². The number of carbonyl (C=O) groups excluding carboxylic acids is 1. The summed E-state index contributed by atoms with van der Waals surface area (Å²) in [6.45, 7) is 2.51. The van der Waals surface area contributed by atoms with E-state index in [9.17, 15) is 4.79 Å². The van der Waals surface area contributed by atoms with Crippen molar-refractivity contribution < 1.29 is 9.21 Å². The molecule has 6 nitrogen and oxygen atoms in total. The lowest BCUT2D eigenvalue weighted by Crippen LogP contribution is -2.30. The maximum atomic E-state index is 12.4. The molecular formula is C17H18N4O2. The molecule has 0 spiro atoms. The molecule has 0 bridgehead atoms. The number of hydrogen-bond donors (Lipinski definition) is 0. The van der Waals surface area contributed by atoms with Gasteiger partial charge in [-0.2, -0.15) is 5.10 Å². The normalized spacial score (nSPS) is 10.7. The molecule has 0 aromatic carbocycles. The monoisotopic (exact) mass is 310 g/mol. The van der Waals surface area contributed by atoms with Gasteiger partial charge in [0.2, 0.25) is 5.91 Å². The van der Waals surface area contributed by atoms with E-state index in [1.165, 1.54) is 0 Å². The Labute approximate surface area is 134 Å². The Morgan fingerprint density at radius 3 is 2.65 bits per heavy atom. The molecule has 0 unspecified atom stereocenters. The summed E-state index contributed by atoms with van der Waals surface area (Å²) in [6.07, 6.45) is 5.14. The predicted octanol–water partition coefficient (Wildman–Crippen LogP) is 2.51. The van der Waals surface area contributed by atoms with E-state index in [0.717, 1.165) is 22.8 Å². The number of hydrogen-bond acceptors (Lipinski definition) is 4. The quantitative estimate of drug-likeness (QED) is 0.726. The minimum absolute atomic E-state index is 0.0296. The first-order valence-corrected chi connectivity index (χ1v) is 7.35. The first-order valence-electron chi connectivity index (χ1n) is 7.35. The second kappa shape index (κ2) is 6.48. The van der Waals surface area contributed by atoms with Gasteiger partial charge in [0.05, 0.1) is 12.2 Å². The first kappa shape index (κ1) is 15.0. The molecule has 23 heavy (non-hydrogen) atoms. The van der Waals surface area contributed by atoms with Crippen LogP contribution in [0.3, 0.4) is 0 Å². The molecule has 0 radical (unpaired) electrons. The first-order chi connectivity index (χ1) is 11.1. The van der Waals surface area contributed by atoms with E-state index in [1.54, 1.807) is 35.2 Å². The van der Waals surface area contributed by atoms with E-state index in [1.807, 2.05) is 37.3 Å². The third kappa shape index (κ3) is 3.48. The molecule has 3 aromatic rings. The molecule has 0 N–H and O–H groups in total. The molecule has 1 amide bonds. The van der Waals surface area contributed by atoms with Crippen molar-refractivity contribution in [2.75, 3.05) is 7.05 Å². The van der Waals surface area contributed by atoms with E-state index in [2.05, 4.69) is 10.1 Å². The van der Waals surface area contributed by atoms with Crippen LogP contribution in [0.1, 0.15) is 11.5 Å². The van der Waals surface area contributed by atoms with Crippen molar-refractivity contribution in [2.24, 2.45) is 0 Å². The third-order valence-electron chi connectivity index (χ3n) is 3.59. The Morgan fingerprint density at radius 2 is 1.96 bits per heavy atom. The fraction of sp³-hybridized carbons (Fsp3) is 0.235. The summed E-state index contributed by atoms with van der Waals surface area (Å²) in [7, 11) is 1.76. The summed E-state index contributed by atoms with van der Waals surface area (Å²) in [4.78, 5) is 18.1. The second-order valence-corrected chi connectivity index (χ2v) is 5.37. The van der Waals surface area contributed by atoms with Crippen molar-refractivity contribution >= 4 is 5.91 Å². The molecule has 118 valence electrons. The van der Waals surface area contributed by atoms with Gasteiger partial charge in [0, 0.05) is 31.2 Å². The van der Waals surface area contributed by atoms with E-state index in [-0.39, 0.29) is 12.5 Å². The summed E-state index contributed by atoms with van der Waals surface area (Å²) < 4.78 is 7.21. The van der Waals surface area contributed by atoms with E-state index >= 15 is 0 Å². The van der Waals surface area contributed by atoms with Crippen molar-refractivity contribution in [3.8, 4) is 11.3 Å². The largest absolute Gasteiger partial charge is 0.464 e. The highest BCUT2D eigenvalue weighted by Crippen LogP contribution is 2.18. The highest BCUT2D eigenvalue weighted by molar-refractivity contribution is 5.76. The van der Waals surface area contributed by atoms with Crippen LogP contribution in [0.2, 0.25) is 0 Å². The fourth-order valence-electron chi connectivity index (χ4n) is 2.37. The zero-order valence-electron chi connectivity index (χ0n) is 13.1. The average molecular weight is 310 g/mol. The van der Waals surface area contributed by atoms with Crippen molar-refractivity contribution in [3.05, 3.63) is 60.4 Å². The molecule has 0 aliphatic rings. The standard InChI is InChI=1S/C17H18N4O2/c1-13-3-4-15(23-13)11-20(2)17(22)12-21-16(7-10-19-21)14-5-8-18-9-6-14/h3-10H,11-12H2,1-2H3. The third-order valence-corrected chi connectivity index (χ3v) is 3.59. The summed E-state index contributed by atoms with van der Waals surface area (Å²) in [5, 5.41) is 4.25. The lowest BCUT2D eigenvalue weighted by Gasteiger charge is -2.16. The van der Waals surface area contributed by atoms with E-state index in [4.69, 9.17) is 4.42 Å². The Kier molecular flexibility index (Phi) is 4.23. The molecule has 0 aliphatic carbocycles. The Balaban J connectivity index is 1.70. The summed E-state index contributed by atoms with van der Waals surface area (Å²) in [6, 6.07) is 9.46. The van der Waals surface area contributed by atoms with Crippen LogP contribution in [-0.2, 0) is 17.9 Å². The van der Waals surface area contributed by atoms with Crippen LogP contribution in [-0.4, -0.2) is 32.6 Å². The summed E-state index contributed by atoms with van der Waals surface area (Å²) in [5.74, 6) is 1.58. The minimum atomic E-state index is -0.0296. The number of aromatic nitrogens is 3. The van der Waals surface area contributed by atoms with Gasteiger partial charge in [-0.3, -0.25) is 14.5 Å². The van der Waals surface area contributed by atoms with E-state index in [0.29, 0.717) is 6.54 Å². The highest BCUT2D eigenvalue weighted by Gasteiger charge is 2.14. The highest BCUT2D eigenvalue weighted by atomic mass is 16.3. The SMILES string of the molecule is Cc1ccc(CN(C)C(=O)Cn2nccc2-c2ccncc2)o1. The number of amides is 1.